The fourth-order valence-corrected chi connectivity index (χ4v) is 11.7. The molecular formula is C64H84FN11O10. The average molecular weight is 1190 g/mol. The van der Waals surface area contributed by atoms with Crippen LogP contribution in [0.25, 0.3) is 11.1 Å². The molecule has 0 spiro atoms. The van der Waals surface area contributed by atoms with Gasteiger partial charge in [0.05, 0.1) is 95.5 Å². The number of benzene rings is 3. The van der Waals surface area contributed by atoms with Gasteiger partial charge >= 0.3 is 0 Å². The Kier molecular flexibility index (Phi) is 21.4. The number of hydrogen-bond acceptors (Lipinski definition) is 15. The summed E-state index contributed by atoms with van der Waals surface area (Å²) < 4.78 is 45.2. The molecule has 86 heavy (non-hydrogen) atoms. The van der Waals surface area contributed by atoms with Crippen molar-refractivity contribution >= 4 is 41.0 Å². The number of ether oxygens (including phenoxy) is 5. The maximum absolute atomic E-state index is 14.7. The summed E-state index contributed by atoms with van der Waals surface area (Å²) in [6, 6.07) is 17.7. The molecule has 1 saturated heterocycles. The number of hydrogen-bond donors (Lipinski definition) is 5. The van der Waals surface area contributed by atoms with Crippen molar-refractivity contribution in [1.29, 1.82) is 0 Å². The van der Waals surface area contributed by atoms with Gasteiger partial charge in [-0.1, -0.05) is 51.1 Å². The molecule has 21 nitrogen and oxygen atoms in total. The highest BCUT2D eigenvalue weighted by molar-refractivity contribution is 5.96. The van der Waals surface area contributed by atoms with Crippen LogP contribution >= 0.6 is 0 Å². The maximum Gasteiger partial charge on any atom is 0.254 e. The van der Waals surface area contributed by atoms with E-state index in [0.29, 0.717) is 101 Å². The van der Waals surface area contributed by atoms with Crippen LogP contribution in [0.1, 0.15) is 116 Å². The molecule has 5 atom stereocenters. The van der Waals surface area contributed by atoms with Crippen molar-refractivity contribution in [3.8, 4) is 16.9 Å². The van der Waals surface area contributed by atoms with Crippen molar-refractivity contribution in [2.75, 3.05) is 97.3 Å². The van der Waals surface area contributed by atoms with Crippen molar-refractivity contribution in [3.05, 3.63) is 124 Å². The summed E-state index contributed by atoms with van der Waals surface area (Å²) in [6.07, 6.45) is 8.39. The van der Waals surface area contributed by atoms with E-state index in [0.717, 1.165) is 65.6 Å². The highest BCUT2D eigenvalue weighted by atomic mass is 19.1. The zero-order valence-corrected chi connectivity index (χ0v) is 50.5. The number of nitrogens with zero attached hydrogens (tertiary/aromatic N) is 6. The van der Waals surface area contributed by atoms with Gasteiger partial charge in [-0.2, -0.15) is 5.10 Å². The number of pyridine rings is 1. The number of halogens is 1. The van der Waals surface area contributed by atoms with Crippen LogP contribution in [0, 0.1) is 11.2 Å². The molecule has 5 amide bonds. The highest BCUT2D eigenvalue weighted by Gasteiger charge is 2.43. The molecule has 2 aromatic heterocycles. The minimum absolute atomic E-state index is 0.159. The van der Waals surface area contributed by atoms with Gasteiger partial charge in [0, 0.05) is 68.6 Å². The van der Waals surface area contributed by atoms with E-state index >= 15 is 0 Å². The molecule has 0 radical (unpaired) electrons. The molecule has 1 fully saturated rings. The number of nitrogens with two attached hydrogens (primary N) is 1. The normalized spacial score (nSPS) is 18.1. The largest absolute Gasteiger partial charge is 0.491 e. The Morgan fingerprint density at radius 3 is 2.30 bits per heavy atom. The number of aryl methyl sites for hydroxylation is 1. The first-order valence-corrected chi connectivity index (χ1v) is 30.1. The van der Waals surface area contributed by atoms with E-state index in [1.807, 2.05) is 63.4 Å². The van der Waals surface area contributed by atoms with Crippen LogP contribution in [0.5, 0.6) is 5.75 Å². The summed E-state index contributed by atoms with van der Waals surface area (Å²) in [6.45, 7) is 12.1. The number of nitrogens with one attached hydrogen (secondary N) is 4. The van der Waals surface area contributed by atoms with Crippen molar-refractivity contribution in [2.24, 2.45) is 5.41 Å². The van der Waals surface area contributed by atoms with Gasteiger partial charge in [0.1, 0.15) is 36.1 Å². The van der Waals surface area contributed by atoms with Gasteiger partial charge in [-0.05, 0) is 116 Å². The quantitative estimate of drug-likeness (QED) is 0.0432. The summed E-state index contributed by atoms with van der Waals surface area (Å²) in [4.78, 5) is 78.8. The minimum atomic E-state index is -0.889. The van der Waals surface area contributed by atoms with E-state index in [1.54, 1.807) is 47.8 Å². The van der Waals surface area contributed by atoms with E-state index in [1.165, 1.54) is 17.7 Å². The Morgan fingerprint density at radius 1 is 0.826 bits per heavy atom. The van der Waals surface area contributed by atoms with E-state index < -0.39 is 29.4 Å². The first kappa shape index (κ1) is 63.0. The minimum Gasteiger partial charge on any atom is -0.491 e. The van der Waals surface area contributed by atoms with Gasteiger partial charge in [0.15, 0.2) is 0 Å². The smallest absolute Gasteiger partial charge is 0.254 e. The number of carbonyl (C=O) groups is 5. The molecule has 6 N–H and O–H groups in total. The zero-order valence-electron chi connectivity index (χ0n) is 50.5. The van der Waals surface area contributed by atoms with Crippen LogP contribution in [0.3, 0.4) is 0 Å². The topological polar surface area (TPSA) is 246 Å². The molecule has 9 rings (SSSR count). The van der Waals surface area contributed by atoms with Crippen LogP contribution in [-0.2, 0) is 70.6 Å². The SMILES string of the molecule is CN[C@@H](C)C(=O)N[C@H](C(=O)N1Cc2cc(OCCOCCOCCOCCOCCC(=O)NCCn3cc4c(n3)CN(C)C(=O)c3ccc(F)cc3[C@H]3CCCN3c3cc-4cnc3N)ccc2C[C@H]1C(=O)NC1CCCc2ccccc21)C(C)(C)C. The van der Waals surface area contributed by atoms with E-state index in [-0.39, 0.29) is 74.3 Å². The Morgan fingerprint density at radius 2 is 1.56 bits per heavy atom. The van der Waals surface area contributed by atoms with Crippen LogP contribution in [-0.4, -0.2) is 159 Å². The molecule has 1 aliphatic carbocycles. The average Bonchev–Trinajstić information content (AvgIpc) is 1.69. The van der Waals surface area contributed by atoms with Crippen LogP contribution in [0.4, 0.5) is 15.9 Å². The van der Waals surface area contributed by atoms with E-state index in [4.69, 9.17) is 34.5 Å². The number of amides is 5. The third kappa shape index (κ3) is 15.7. The van der Waals surface area contributed by atoms with Crippen LogP contribution in [0.15, 0.2) is 79.1 Å². The standard InChI is InChI=1S/C64H84FN11O10/c1-41(67-5)60(78)71-58(64(2,3)4)63(81)76-38-45-33-47(18-16-43(45)34-56(76)61(79)70-52-14-9-12-42-11-7-8-13-48(42)52)86-32-31-85-30-29-84-28-27-83-26-25-82-24-20-57(77)68-21-23-74-39-51-44-35-55(59(66)69-37-44)75-22-10-15-54(75)50-36-46(65)17-19-49(50)62(80)73(6)40-53(51)72-74/h7-8,11,13,16-19,33,35-37,39,41,52,54,56,58,67H,9-10,12,14-15,20-32,34,38,40H2,1-6H3,(H2,66,69)(H,68,77)(H,70,79)(H,71,78)/t41-,52?,54+,56-,58+/m0/s1. The molecule has 4 aliphatic rings. The number of rotatable bonds is 25. The van der Waals surface area contributed by atoms with E-state index in [9.17, 15) is 28.4 Å². The van der Waals surface area contributed by atoms with Crippen molar-refractivity contribution in [3.63, 3.8) is 0 Å². The monoisotopic (exact) mass is 1190 g/mol. The number of nitrogen functional groups attached to an aromatic ring is 1. The zero-order chi connectivity index (χ0) is 60.9. The van der Waals surface area contributed by atoms with Gasteiger partial charge < -0.3 is 65.4 Å². The van der Waals surface area contributed by atoms with Crippen molar-refractivity contribution < 1.29 is 52.0 Å². The fourth-order valence-electron chi connectivity index (χ4n) is 11.7. The molecule has 5 heterocycles. The van der Waals surface area contributed by atoms with Crippen molar-refractivity contribution in [1.82, 2.24) is 45.8 Å². The van der Waals surface area contributed by atoms with Gasteiger partial charge in [-0.25, -0.2) is 9.37 Å². The predicted octanol–water partition coefficient (Wildman–Crippen LogP) is 5.83. The van der Waals surface area contributed by atoms with Crippen molar-refractivity contribution in [2.45, 2.75) is 122 Å². The Bertz CT molecular complexity index is 3190. The molecule has 0 saturated carbocycles. The second-order valence-electron chi connectivity index (χ2n) is 23.6. The number of aromatic nitrogens is 3. The second-order valence-corrected chi connectivity index (χ2v) is 23.6. The van der Waals surface area contributed by atoms with Crippen LogP contribution in [0.2, 0.25) is 0 Å². The molecule has 3 aromatic carbocycles. The van der Waals surface area contributed by atoms with E-state index in [2.05, 4.69) is 43.3 Å². The Labute approximate surface area is 503 Å². The number of carbonyl (C=O) groups excluding carboxylic acids is 5. The molecular weight excluding hydrogens is 1100 g/mol. The number of likely N-dealkylation sites (N-methyl/N-ethyl adjacent to an activating group) is 1. The van der Waals surface area contributed by atoms with Gasteiger partial charge in [-0.3, -0.25) is 28.7 Å². The Balaban J connectivity index is 0.654. The summed E-state index contributed by atoms with van der Waals surface area (Å²) in [5, 5.41) is 17.0. The molecule has 22 heteroatoms. The molecule has 3 aliphatic heterocycles. The molecule has 1 unspecified atom stereocenters. The lowest BCUT2D eigenvalue weighted by atomic mass is 9.83. The Hall–Kier alpha value is -7.50. The maximum atomic E-state index is 14.7. The van der Waals surface area contributed by atoms with Gasteiger partial charge in [0.2, 0.25) is 23.6 Å². The number of fused-ring (bicyclic) bond motifs is 10. The molecule has 462 valence electrons. The fraction of sp³-hybridized carbons (Fsp3) is 0.516. The third-order valence-corrected chi connectivity index (χ3v) is 16.5. The summed E-state index contributed by atoms with van der Waals surface area (Å²) in [5.74, 6) is -0.685. The highest BCUT2D eigenvalue weighted by Crippen LogP contribution is 2.42. The third-order valence-electron chi connectivity index (χ3n) is 16.5. The first-order valence-electron chi connectivity index (χ1n) is 30.1. The summed E-state index contributed by atoms with van der Waals surface area (Å²) in [7, 11) is 3.40. The second kappa shape index (κ2) is 29.3. The number of anilines is 2. The first-order chi connectivity index (χ1) is 41.5. The molecule has 5 aromatic rings. The van der Waals surface area contributed by atoms with Crippen LogP contribution < -0.4 is 36.6 Å². The molecule has 2 bridgehead atoms. The van der Waals surface area contributed by atoms with Gasteiger partial charge in [0.25, 0.3) is 5.91 Å². The lowest BCUT2D eigenvalue weighted by Gasteiger charge is -2.41. The summed E-state index contributed by atoms with van der Waals surface area (Å²) >= 11 is 0. The van der Waals surface area contributed by atoms with Gasteiger partial charge in [-0.15, -0.1) is 0 Å². The predicted molar refractivity (Wildman–Crippen MR) is 322 cm³/mol. The lowest BCUT2D eigenvalue weighted by molar-refractivity contribution is -0.147. The lowest BCUT2D eigenvalue weighted by Crippen LogP contribution is -2.62. The summed E-state index contributed by atoms with van der Waals surface area (Å²) in [5.41, 5.74) is 14.0.